The highest BCUT2D eigenvalue weighted by Gasteiger charge is 2.14. The van der Waals surface area contributed by atoms with Crippen LogP contribution in [0.4, 0.5) is 0 Å². The van der Waals surface area contributed by atoms with E-state index >= 15 is 0 Å². The van der Waals surface area contributed by atoms with Crippen LogP contribution in [0.3, 0.4) is 0 Å². The van der Waals surface area contributed by atoms with Crippen LogP contribution in [-0.4, -0.2) is 35.0 Å². The van der Waals surface area contributed by atoms with Gasteiger partial charge in [-0.15, -0.1) is 10.2 Å². The Labute approximate surface area is 168 Å². The minimum absolute atomic E-state index is 0.496. The second-order valence-electron chi connectivity index (χ2n) is 7.51. The fourth-order valence-corrected chi connectivity index (χ4v) is 3.48. The highest BCUT2D eigenvalue weighted by atomic mass is 16.5. The Hall–Kier alpha value is -2.34. The Balaban J connectivity index is 1.46. The molecule has 1 aromatic carbocycles. The van der Waals surface area contributed by atoms with Crippen LogP contribution in [0, 0.1) is 0 Å². The summed E-state index contributed by atoms with van der Waals surface area (Å²) < 4.78 is 13.5. The maximum Gasteiger partial charge on any atom is 0.161 e. The third-order valence-corrected chi connectivity index (χ3v) is 4.97. The normalized spacial score (nSPS) is 13.6. The van der Waals surface area contributed by atoms with E-state index in [1.807, 2.05) is 19.1 Å². The van der Waals surface area contributed by atoms with Crippen LogP contribution in [0.2, 0.25) is 0 Å². The lowest BCUT2D eigenvalue weighted by Gasteiger charge is -2.13. The second kappa shape index (κ2) is 10.3. The van der Waals surface area contributed by atoms with Gasteiger partial charge in [-0.05, 0) is 56.0 Å². The first-order valence-corrected chi connectivity index (χ1v) is 10.2. The lowest BCUT2D eigenvalue weighted by molar-refractivity contribution is 0.319. The van der Waals surface area contributed by atoms with Crippen LogP contribution in [0.15, 0.2) is 30.4 Å². The Morgan fingerprint density at radius 3 is 2.93 bits per heavy atom. The van der Waals surface area contributed by atoms with Crippen molar-refractivity contribution in [3.63, 3.8) is 0 Å². The molecule has 0 saturated heterocycles. The molecule has 0 atom stereocenters. The molecule has 0 aliphatic carbocycles. The fraction of sp³-hybridized carbons (Fsp3) is 0.545. The first kappa shape index (κ1) is 20.4. The van der Waals surface area contributed by atoms with Gasteiger partial charge >= 0.3 is 0 Å². The van der Waals surface area contributed by atoms with Crippen LogP contribution < -0.4 is 14.8 Å². The zero-order valence-electron chi connectivity index (χ0n) is 17.2. The molecule has 28 heavy (non-hydrogen) atoms. The third-order valence-electron chi connectivity index (χ3n) is 4.97. The molecule has 3 rings (SSSR count). The highest BCUT2D eigenvalue weighted by molar-refractivity contribution is 5.43. The molecule has 0 fully saturated rings. The van der Waals surface area contributed by atoms with Crippen LogP contribution in [-0.2, 0) is 25.9 Å². The van der Waals surface area contributed by atoms with Crippen LogP contribution in [0.5, 0.6) is 11.5 Å². The van der Waals surface area contributed by atoms with Crippen molar-refractivity contribution < 1.29 is 9.47 Å². The summed E-state index contributed by atoms with van der Waals surface area (Å²) in [4.78, 5) is 0. The van der Waals surface area contributed by atoms with E-state index in [1.165, 1.54) is 30.7 Å². The topological polar surface area (TPSA) is 61.2 Å². The molecular formula is C22H32N4O2. The van der Waals surface area contributed by atoms with E-state index in [1.54, 1.807) is 7.11 Å². The third kappa shape index (κ3) is 5.58. The van der Waals surface area contributed by atoms with Gasteiger partial charge in [-0.2, -0.15) is 0 Å². The van der Waals surface area contributed by atoms with Gasteiger partial charge in [0, 0.05) is 25.9 Å². The van der Waals surface area contributed by atoms with E-state index in [4.69, 9.17) is 9.47 Å². The van der Waals surface area contributed by atoms with Gasteiger partial charge in [0.25, 0.3) is 0 Å². The van der Waals surface area contributed by atoms with Gasteiger partial charge in [0.05, 0.1) is 7.11 Å². The Morgan fingerprint density at radius 2 is 2.11 bits per heavy atom. The highest BCUT2D eigenvalue weighted by Crippen LogP contribution is 2.28. The quantitative estimate of drug-likeness (QED) is 0.500. The number of ether oxygens (including phenoxy) is 2. The average Bonchev–Trinajstić information content (AvgIpc) is 2.92. The zero-order chi connectivity index (χ0) is 19.8. The summed E-state index contributed by atoms with van der Waals surface area (Å²) in [6, 6.07) is 6.06. The molecule has 6 nitrogen and oxygen atoms in total. The van der Waals surface area contributed by atoms with Gasteiger partial charge in [0.2, 0.25) is 0 Å². The molecule has 0 radical (unpaired) electrons. The van der Waals surface area contributed by atoms with Crippen LogP contribution in [0.1, 0.15) is 49.8 Å². The second-order valence-corrected chi connectivity index (χ2v) is 7.51. The summed E-state index contributed by atoms with van der Waals surface area (Å²) in [7, 11) is 1.66. The average molecular weight is 385 g/mol. The minimum Gasteiger partial charge on any atom is -0.493 e. The number of fused-ring (bicyclic) bond motifs is 1. The number of hydrogen-bond acceptors (Lipinski definition) is 5. The summed E-state index contributed by atoms with van der Waals surface area (Å²) in [5, 5.41) is 12.3. The summed E-state index contributed by atoms with van der Waals surface area (Å²) in [5.41, 5.74) is 2.16. The molecule has 2 heterocycles. The standard InChI is InChI=1S/C22H32N4O2/c1-17(2)16-28-20-14-18(10-11-19(20)27-3)15-23-12-7-9-22-25-24-21-8-5-4-6-13-26(21)22/h10-11,14,23H,1,4-9,12-13,15-16H2,2-3H3. The van der Waals surface area contributed by atoms with Gasteiger partial charge in [-0.1, -0.05) is 19.1 Å². The van der Waals surface area contributed by atoms with Gasteiger partial charge < -0.3 is 19.4 Å². The number of aryl methyl sites for hydroxylation is 2. The van der Waals surface area contributed by atoms with Crippen molar-refractivity contribution >= 4 is 0 Å². The van der Waals surface area contributed by atoms with Crippen molar-refractivity contribution in [3.8, 4) is 11.5 Å². The fourth-order valence-electron chi connectivity index (χ4n) is 3.48. The molecule has 1 aliphatic rings. The summed E-state index contributed by atoms with van der Waals surface area (Å²) in [5.74, 6) is 3.81. The number of nitrogens with zero attached hydrogens (tertiary/aromatic N) is 3. The number of rotatable bonds is 10. The number of benzene rings is 1. The van der Waals surface area contributed by atoms with Crippen molar-refractivity contribution in [2.45, 2.75) is 58.5 Å². The zero-order valence-corrected chi connectivity index (χ0v) is 17.2. The molecule has 0 amide bonds. The Morgan fingerprint density at radius 1 is 1.21 bits per heavy atom. The molecule has 2 aromatic rings. The number of aromatic nitrogens is 3. The van der Waals surface area contributed by atoms with Crippen molar-refractivity contribution in [1.29, 1.82) is 0 Å². The van der Waals surface area contributed by atoms with E-state index in [-0.39, 0.29) is 0 Å². The maximum absolute atomic E-state index is 5.80. The van der Waals surface area contributed by atoms with Gasteiger partial charge in [-0.25, -0.2) is 0 Å². The van der Waals surface area contributed by atoms with E-state index in [0.717, 1.165) is 61.8 Å². The molecule has 1 aliphatic heterocycles. The summed E-state index contributed by atoms with van der Waals surface area (Å²) >= 11 is 0. The molecule has 6 heteroatoms. The predicted molar refractivity (Wildman–Crippen MR) is 111 cm³/mol. The minimum atomic E-state index is 0.496. The first-order chi connectivity index (χ1) is 13.7. The molecule has 1 aromatic heterocycles. The molecule has 1 N–H and O–H groups in total. The summed E-state index contributed by atoms with van der Waals surface area (Å²) in [6.45, 7) is 9.14. The van der Waals surface area contributed by atoms with Gasteiger partial charge in [0.1, 0.15) is 18.3 Å². The lowest BCUT2D eigenvalue weighted by atomic mass is 10.2. The number of nitrogens with one attached hydrogen (secondary N) is 1. The molecule has 0 unspecified atom stereocenters. The number of hydrogen-bond donors (Lipinski definition) is 1. The lowest BCUT2D eigenvalue weighted by Crippen LogP contribution is -2.16. The molecule has 0 bridgehead atoms. The van der Waals surface area contributed by atoms with Gasteiger partial charge in [0.15, 0.2) is 11.5 Å². The Bertz CT molecular complexity index is 785. The van der Waals surface area contributed by atoms with Crippen molar-refractivity contribution in [2.75, 3.05) is 20.3 Å². The van der Waals surface area contributed by atoms with Crippen molar-refractivity contribution in [2.24, 2.45) is 0 Å². The Kier molecular flexibility index (Phi) is 7.48. The van der Waals surface area contributed by atoms with Crippen molar-refractivity contribution in [3.05, 3.63) is 47.6 Å². The monoisotopic (exact) mass is 384 g/mol. The molecule has 152 valence electrons. The largest absolute Gasteiger partial charge is 0.493 e. The van der Waals surface area contributed by atoms with Crippen LogP contribution >= 0.6 is 0 Å². The van der Waals surface area contributed by atoms with E-state index < -0.39 is 0 Å². The van der Waals surface area contributed by atoms with Gasteiger partial charge in [-0.3, -0.25) is 0 Å². The summed E-state index contributed by atoms with van der Waals surface area (Å²) in [6.07, 6.45) is 6.86. The SMILES string of the molecule is C=C(C)COc1cc(CNCCCc2nnc3n2CCCCC3)ccc1OC. The van der Waals surface area contributed by atoms with Crippen molar-refractivity contribution in [1.82, 2.24) is 20.1 Å². The molecule has 0 spiro atoms. The van der Waals surface area contributed by atoms with E-state index in [9.17, 15) is 0 Å². The predicted octanol–water partition coefficient (Wildman–Crippen LogP) is 3.69. The molecular weight excluding hydrogens is 352 g/mol. The first-order valence-electron chi connectivity index (χ1n) is 10.2. The molecule has 0 saturated carbocycles. The number of methoxy groups -OCH3 is 1. The van der Waals surface area contributed by atoms with Crippen LogP contribution in [0.25, 0.3) is 0 Å². The van der Waals surface area contributed by atoms with E-state index in [0.29, 0.717) is 6.61 Å². The maximum atomic E-state index is 5.80. The smallest absolute Gasteiger partial charge is 0.161 e. The van der Waals surface area contributed by atoms with E-state index in [2.05, 4.69) is 32.7 Å².